The first-order valence-corrected chi connectivity index (χ1v) is 5.82. The molecule has 0 rings (SSSR count). The van der Waals surface area contributed by atoms with Gasteiger partial charge in [0.1, 0.15) is 0 Å². The summed E-state index contributed by atoms with van der Waals surface area (Å²) in [5, 5.41) is 2.92. The molecule has 84 valence electrons. The molecule has 1 N–H and O–H groups in total. The van der Waals surface area contributed by atoms with E-state index in [1.807, 2.05) is 0 Å². The van der Waals surface area contributed by atoms with Gasteiger partial charge in [-0.2, -0.15) is 0 Å². The topological polar surface area (TPSA) is 29.1 Å². The molecular formula is C11H22ClNO. The SMILES string of the molecule is CC(C)(C)CC(=O)NCCCCCCl. The van der Waals surface area contributed by atoms with Crippen molar-refractivity contribution in [2.24, 2.45) is 5.41 Å². The Morgan fingerprint density at radius 1 is 1.21 bits per heavy atom. The predicted molar refractivity (Wildman–Crippen MR) is 61.7 cm³/mol. The smallest absolute Gasteiger partial charge is 0.220 e. The first kappa shape index (κ1) is 13.8. The fraction of sp³-hybridized carbons (Fsp3) is 0.909. The Balaban J connectivity index is 3.36. The summed E-state index contributed by atoms with van der Waals surface area (Å²) in [6, 6.07) is 0. The maximum Gasteiger partial charge on any atom is 0.220 e. The van der Waals surface area contributed by atoms with Crippen molar-refractivity contribution in [3.63, 3.8) is 0 Å². The van der Waals surface area contributed by atoms with Gasteiger partial charge in [0.25, 0.3) is 0 Å². The van der Waals surface area contributed by atoms with Crippen LogP contribution in [0.15, 0.2) is 0 Å². The van der Waals surface area contributed by atoms with Crippen LogP contribution in [0.3, 0.4) is 0 Å². The molecule has 1 amide bonds. The maximum absolute atomic E-state index is 11.4. The third kappa shape index (κ3) is 9.85. The summed E-state index contributed by atoms with van der Waals surface area (Å²) in [6.45, 7) is 6.99. The fourth-order valence-electron chi connectivity index (χ4n) is 1.17. The predicted octanol–water partition coefficient (Wildman–Crippen LogP) is 2.95. The van der Waals surface area contributed by atoms with Gasteiger partial charge in [-0.15, -0.1) is 11.6 Å². The number of hydrogen-bond acceptors (Lipinski definition) is 1. The molecule has 0 aromatic carbocycles. The molecule has 0 heterocycles. The van der Waals surface area contributed by atoms with Crippen LogP contribution in [0.25, 0.3) is 0 Å². The number of carbonyl (C=O) groups excluding carboxylic acids is 1. The Hall–Kier alpha value is -0.240. The Kier molecular flexibility index (Phi) is 6.98. The zero-order chi connectivity index (χ0) is 11.0. The number of amides is 1. The molecule has 0 fully saturated rings. The van der Waals surface area contributed by atoms with E-state index in [9.17, 15) is 4.79 Å². The molecule has 0 atom stereocenters. The van der Waals surface area contributed by atoms with E-state index in [1.54, 1.807) is 0 Å². The lowest BCUT2D eigenvalue weighted by Crippen LogP contribution is -2.28. The average molecular weight is 220 g/mol. The lowest BCUT2D eigenvalue weighted by Gasteiger charge is -2.17. The molecule has 0 unspecified atom stereocenters. The van der Waals surface area contributed by atoms with E-state index < -0.39 is 0 Å². The summed E-state index contributed by atoms with van der Waals surface area (Å²) in [5.74, 6) is 0.874. The van der Waals surface area contributed by atoms with Crippen molar-refractivity contribution < 1.29 is 4.79 Å². The standard InChI is InChI=1S/C11H22ClNO/c1-11(2,3)9-10(14)13-8-6-4-5-7-12/h4-9H2,1-3H3,(H,13,14). The fourth-order valence-corrected chi connectivity index (χ4v) is 1.36. The van der Waals surface area contributed by atoms with Gasteiger partial charge in [0.2, 0.25) is 5.91 Å². The lowest BCUT2D eigenvalue weighted by molar-refractivity contribution is -0.122. The van der Waals surface area contributed by atoms with Crippen molar-refractivity contribution >= 4 is 17.5 Å². The minimum Gasteiger partial charge on any atom is -0.356 e. The number of alkyl halides is 1. The molecule has 3 heteroatoms. The van der Waals surface area contributed by atoms with Crippen molar-refractivity contribution in [1.82, 2.24) is 5.32 Å². The van der Waals surface area contributed by atoms with Crippen LogP contribution >= 0.6 is 11.6 Å². The highest BCUT2D eigenvalue weighted by molar-refractivity contribution is 6.17. The Morgan fingerprint density at radius 3 is 2.36 bits per heavy atom. The number of halogens is 1. The average Bonchev–Trinajstić information content (AvgIpc) is 2.00. The monoisotopic (exact) mass is 219 g/mol. The quantitative estimate of drug-likeness (QED) is 0.540. The van der Waals surface area contributed by atoms with Crippen molar-refractivity contribution in [1.29, 1.82) is 0 Å². The molecule has 0 aliphatic rings. The number of hydrogen-bond donors (Lipinski definition) is 1. The summed E-state index contributed by atoms with van der Waals surface area (Å²) in [6.07, 6.45) is 3.76. The molecule has 0 saturated carbocycles. The second-order valence-electron chi connectivity index (χ2n) is 4.84. The van der Waals surface area contributed by atoms with E-state index in [0.29, 0.717) is 6.42 Å². The Morgan fingerprint density at radius 2 is 1.86 bits per heavy atom. The van der Waals surface area contributed by atoms with Crippen molar-refractivity contribution in [2.75, 3.05) is 12.4 Å². The third-order valence-corrected chi connectivity index (χ3v) is 2.09. The van der Waals surface area contributed by atoms with Crippen molar-refractivity contribution in [3.05, 3.63) is 0 Å². The number of carbonyl (C=O) groups is 1. The van der Waals surface area contributed by atoms with Gasteiger partial charge in [0.15, 0.2) is 0 Å². The summed E-state index contributed by atoms with van der Waals surface area (Å²) in [4.78, 5) is 11.4. The molecule has 0 aromatic rings. The molecule has 0 aliphatic heterocycles. The number of rotatable bonds is 6. The van der Waals surface area contributed by atoms with Crippen LogP contribution in [0.1, 0.15) is 46.5 Å². The van der Waals surface area contributed by atoms with Gasteiger partial charge in [-0.05, 0) is 18.3 Å². The zero-order valence-corrected chi connectivity index (χ0v) is 10.3. The van der Waals surface area contributed by atoms with Gasteiger partial charge < -0.3 is 5.32 Å². The summed E-state index contributed by atoms with van der Waals surface area (Å²) in [7, 11) is 0. The van der Waals surface area contributed by atoms with E-state index in [0.717, 1.165) is 31.7 Å². The van der Waals surface area contributed by atoms with E-state index >= 15 is 0 Å². The van der Waals surface area contributed by atoms with Crippen LogP contribution in [-0.4, -0.2) is 18.3 Å². The van der Waals surface area contributed by atoms with Gasteiger partial charge in [0.05, 0.1) is 0 Å². The Labute approximate surface area is 92.4 Å². The van der Waals surface area contributed by atoms with E-state index in [4.69, 9.17) is 11.6 Å². The zero-order valence-electron chi connectivity index (χ0n) is 9.53. The number of unbranched alkanes of at least 4 members (excludes halogenated alkanes) is 2. The highest BCUT2D eigenvalue weighted by atomic mass is 35.5. The van der Waals surface area contributed by atoms with Gasteiger partial charge >= 0.3 is 0 Å². The second kappa shape index (κ2) is 7.10. The van der Waals surface area contributed by atoms with E-state index in [2.05, 4.69) is 26.1 Å². The van der Waals surface area contributed by atoms with Crippen LogP contribution in [0.4, 0.5) is 0 Å². The van der Waals surface area contributed by atoms with Crippen LogP contribution in [0.2, 0.25) is 0 Å². The van der Waals surface area contributed by atoms with Crippen molar-refractivity contribution in [3.8, 4) is 0 Å². The van der Waals surface area contributed by atoms with Crippen LogP contribution in [0, 0.1) is 5.41 Å². The van der Waals surface area contributed by atoms with Gasteiger partial charge in [-0.25, -0.2) is 0 Å². The van der Waals surface area contributed by atoms with Gasteiger partial charge in [0, 0.05) is 18.8 Å². The minimum atomic E-state index is 0.0836. The minimum absolute atomic E-state index is 0.0836. The molecule has 0 saturated heterocycles. The summed E-state index contributed by atoms with van der Waals surface area (Å²) < 4.78 is 0. The van der Waals surface area contributed by atoms with Crippen molar-refractivity contribution in [2.45, 2.75) is 46.5 Å². The van der Waals surface area contributed by atoms with Crippen LogP contribution < -0.4 is 5.32 Å². The highest BCUT2D eigenvalue weighted by Crippen LogP contribution is 2.17. The van der Waals surface area contributed by atoms with Crippen LogP contribution in [-0.2, 0) is 4.79 Å². The summed E-state index contributed by atoms with van der Waals surface area (Å²) in [5.41, 5.74) is 0.0836. The first-order valence-electron chi connectivity index (χ1n) is 5.28. The largest absolute Gasteiger partial charge is 0.356 e. The normalized spacial score (nSPS) is 11.4. The summed E-state index contributed by atoms with van der Waals surface area (Å²) >= 11 is 5.54. The molecular weight excluding hydrogens is 198 g/mol. The third-order valence-electron chi connectivity index (χ3n) is 1.82. The molecule has 0 aromatic heterocycles. The second-order valence-corrected chi connectivity index (χ2v) is 5.21. The van der Waals surface area contributed by atoms with Crippen LogP contribution in [0.5, 0.6) is 0 Å². The molecule has 0 bridgehead atoms. The number of nitrogens with one attached hydrogen (secondary N) is 1. The van der Waals surface area contributed by atoms with Gasteiger partial charge in [-0.3, -0.25) is 4.79 Å². The first-order chi connectivity index (χ1) is 6.45. The van der Waals surface area contributed by atoms with Gasteiger partial charge in [-0.1, -0.05) is 27.2 Å². The molecule has 0 aliphatic carbocycles. The lowest BCUT2D eigenvalue weighted by atomic mass is 9.92. The molecule has 14 heavy (non-hydrogen) atoms. The maximum atomic E-state index is 11.4. The van der Waals surface area contributed by atoms with E-state index in [-0.39, 0.29) is 11.3 Å². The molecule has 0 radical (unpaired) electrons. The highest BCUT2D eigenvalue weighted by Gasteiger charge is 2.14. The molecule has 0 spiro atoms. The van der Waals surface area contributed by atoms with E-state index in [1.165, 1.54) is 0 Å². The Bertz CT molecular complexity index is 163. The molecule has 2 nitrogen and oxygen atoms in total.